The molecule has 0 rings (SSSR count). The monoisotopic (exact) mass is 167 g/mol. The smallest absolute Gasteiger partial charge is 0.0166 e. The second kappa shape index (κ2) is 7.11. The molecule has 0 aromatic carbocycles. The molecule has 0 saturated carbocycles. The first-order valence-corrected chi connectivity index (χ1v) is 4.75. The van der Waals surface area contributed by atoms with Gasteiger partial charge in [0.2, 0.25) is 0 Å². The van der Waals surface area contributed by atoms with Crippen LogP contribution in [0.25, 0.3) is 0 Å². The summed E-state index contributed by atoms with van der Waals surface area (Å²) in [5.41, 5.74) is 0. The molecule has 70 valence electrons. The van der Waals surface area contributed by atoms with Crippen LogP contribution in [0.1, 0.15) is 26.7 Å². The molecule has 0 spiro atoms. The van der Waals surface area contributed by atoms with Crippen molar-refractivity contribution in [2.75, 3.05) is 13.1 Å². The van der Waals surface area contributed by atoms with Crippen LogP contribution in [0.5, 0.6) is 0 Å². The minimum Gasteiger partial charge on any atom is -0.293 e. The van der Waals surface area contributed by atoms with E-state index in [-0.39, 0.29) is 0 Å². The Morgan fingerprint density at radius 2 is 1.50 bits per heavy atom. The van der Waals surface area contributed by atoms with Crippen LogP contribution in [0.15, 0.2) is 25.3 Å². The molecule has 12 heavy (non-hydrogen) atoms. The lowest BCUT2D eigenvalue weighted by molar-refractivity contribution is 0.228. The van der Waals surface area contributed by atoms with Crippen LogP contribution in [0.4, 0.5) is 0 Å². The van der Waals surface area contributed by atoms with E-state index in [1.165, 1.54) is 12.8 Å². The number of hydrogen-bond donors (Lipinski definition) is 0. The average Bonchev–Trinajstić information content (AvgIpc) is 2.07. The Bertz CT molecular complexity index is 115. The van der Waals surface area contributed by atoms with Gasteiger partial charge in [-0.15, -0.1) is 13.2 Å². The van der Waals surface area contributed by atoms with Gasteiger partial charge in [-0.25, -0.2) is 0 Å². The Kier molecular flexibility index (Phi) is 6.78. The van der Waals surface area contributed by atoms with Crippen LogP contribution >= 0.6 is 0 Å². The lowest BCUT2D eigenvalue weighted by Crippen LogP contribution is -2.34. The molecule has 0 atom stereocenters. The van der Waals surface area contributed by atoms with E-state index < -0.39 is 0 Å². The number of rotatable bonds is 7. The van der Waals surface area contributed by atoms with E-state index in [1.54, 1.807) is 0 Å². The highest BCUT2D eigenvalue weighted by atomic mass is 15.1. The summed E-state index contributed by atoms with van der Waals surface area (Å²) >= 11 is 0. The van der Waals surface area contributed by atoms with Gasteiger partial charge in [0.15, 0.2) is 0 Å². The van der Waals surface area contributed by atoms with Gasteiger partial charge in [-0.1, -0.05) is 26.0 Å². The fourth-order valence-electron chi connectivity index (χ4n) is 1.51. The molecule has 0 unspecified atom stereocenters. The molecule has 0 aromatic rings. The van der Waals surface area contributed by atoms with Gasteiger partial charge in [0.1, 0.15) is 0 Å². The standard InChI is InChI=1S/C11H21N/c1-5-9-12(10-6-2)11(7-3)8-4/h5-6,11H,1-2,7-10H2,3-4H3. The molecule has 0 amide bonds. The average molecular weight is 167 g/mol. The van der Waals surface area contributed by atoms with Gasteiger partial charge in [0.05, 0.1) is 0 Å². The SMILES string of the molecule is C=CCN(CC=C)C(CC)CC. The highest BCUT2D eigenvalue weighted by molar-refractivity contribution is 4.83. The fourth-order valence-corrected chi connectivity index (χ4v) is 1.51. The van der Waals surface area contributed by atoms with Gasteiger partial charge >= 0.3 is 0 Å². The molecule has 0 heterocycles. The van der Waals surface area contributed by atoms with Crippen LogP contribution in [-0.4, -0.2) is 24.0 Å². The van der Waals surface area contributed by atoms with Gasteiger partial charge < -0.3 is 0 Å². The molecule has 1 heteroatoms. The molecule has 0 aliphatic heterocycles. The first-order valence-electron chi connectivity index (χ1n) is 4.75. The van der Waals surface area contributed by atoms with Crippen molar-refractivity contribution in [3.8, 4) is 0 Å². The summed E-state index contributed by atoms with van der Waals surface area (Å²) in [6.07, 6.45) is 6.33. The van der Waals surface area contributed by atoms with E-state index in [0.29, 0.717) is 6.04 Å². The Hall–Kier alpha value is -0.560. The molecule has 0 aliphatic rings. The molecule has 0 bridgehead atoms. The van der Waals surface area contributed by atoms with Crippen molar-refractivity contribution in [1.82, 2.24) is 4.90 Å². The van der Waals surface area contributed by atoms with Gasteiger partial charge in [-0.2, -0.15) is 0 Å². The number of nitrogens with zero attached hydrogens (tertiary/aromatic N) is 1. The molecule has 0 fully saturated rings. The first-order chi connectivity index (χ1) is 5.79. The third kappa shape index (κ3) is 3.72. The Morgan fingerprint density at radius 3 is 1.75 bits per heavy atom. The fraction of sp³-hybridized carbons (Fsp3) is 0.636. The minimum absolute atomic E-state index is 0.681. The van der Waals surface area contributed by atoms with E-state index >= 15 is 0 Å². The highest BCUT2D eigenvalue weighted by Gasteiger charge is 2.10. The second-order valence-electron chi connectivity index (χ2n) is 3.00. The minimum atomic E-state index is 0.681. The van der Waals surface area contributed by atoms with Crippen molar-refractivity contribution < 1.29 is 0 Å². The lowest BCUT2D eigenvalue weighted by atomic mass is 10.1. The van der Waals surface area contributed by atoms with Crippen LogP contribution in [0.3, 0.4) is 0 Å². The predicted octanol–water partition coefficient (Wildman–Crippen LogP) is 2.85. The third-order valence-corrected chi connectivity index (χ3v) is 2.19. The normalized spacial score (nSPS) is 10.7. The third-order valence-electron chi connectivity index (χ3n) is 2.19. The zero-order valence-electron chi connectivity index (χ0n) is 8.42. The molecule has 0 aromatic heterocycles. The van der Waals surface area contributed by atoms with Gasteiger partial charge in [0, 0.05) is 19.1 Å². The summed E-state index contributed by atoms with van der Waals surface area (Å²) in [5.74, 6) is 0. The largest absolute Gasteiger partial charge is 0.293 e. The van der Waals surface area contributed by atoms with Crippen molar-refractivity contribution in [3.63, 3.8) is 0 Å². The Morgan fingerprint density at radius 1 is 1.08 bits per heavy atom. The molecule has 0 radical (unpaired) electrons. The van der Waals surface area contributed by atoms with E-state index in [9.17, 15) is 0 Å². The van der Waals surface area contributed by atoms with Crippen LogP contribution in [0, 0.1) is 0 Å². The van der Waals surface area contributed by atoms with E-state index in [1.807, 2.05) is 12.2 Å². The Labute approximate surface area is 76.8 Å². The highest BCUT2D eigenvalue weighted by Crippen LogP contribution is 2.07. The van der Waals surface area contributed by atoms with Crippen LogP contribution < -0.4 is 0 Å². The van der Waals surface area contributed by atoms with Crippen molar-refractivity contribution in [1.29, 1.82) is 0 Å². The molecule has 1 nitrogen and oxygen atoms in total. The summed E-state index contributed by atoms with van der Waals surface area (Å²) in [6.45, 7) is 13.9. The van der Waals surface area contributed by atoms with E-state index in [0.717, 1.165) is 13.1 Å². The molecule has 0 N–H and O–H groups in total. The van der Waals surface area contributed by atoms with E-state index in [4.69, 9.17) is 0 Å². The lowest BCUT2D eigenvalue weighted by Gasteiger charge is -2.27. The maximum atomic E-state index is 3.76. The van der Waals surface area contributed by atoms with Crippen molar-refractivity contribution >= 4 is 0 Å². The molecular formula is C11H21N. The predicted molar refractivity (Wildman–Crippen MR) is 56.3 cm³/mol. The summed E-state index contributed by atoms with van der Waals surface area (Å²) in [4.78, 5) is 2.40. The van der Waals surface area contributed by atoms with Crippen LogP contribution in [0.2, 0.25) is 0 Å². The number of hydrogen-bond acceptors (Lipinski definition) is 1. The zero-order valence-corrected chi connectivity index (χ0v) is 8.42. The molecular weight excluding hydrogens is 146 g/mol. The maximum Gasteiger partial charge on any atom is 0.0166 e. The topological polar surface area (TPSA) is 3.24 Å². The van der Waals surface area contributed by atoms with Gasteiger partial charge in [-0.3, -0.25) is 4.90 Å². The van der Waals surface area contributed by atoms with Gasteiger partial charge in [0.25, 0.3) is 0 Å². The van der Waals surface area contributed by atoms with Crippen molar-refractivity contribution in [2.45, 2.75) is 32.7 Å². The Balaban J connectivity index is 4.02. The van der Waals surface area contributed by atoms with Crippen molar-refractivity contribution in [2.24, 2.45) is 0 Å². The maximum absolute atomic E-state index is 3.76. The first kappa shape index (κ1) is 11.4. The van der Waals surface area contributed by atoms with E-state index in [2.05, 4.69) is 31.9 Å². The van der Waals surface area contributed by atoms with Crippen molar-refractivity contribution in [3.05, 3.63) is 25.3 Å². The quantitative estimate of drug-likeness (QED) is 0.527. The summed E-state index contributed by atoms with van der Waals surface area (Å²) in [6, 6.07) is 0.681. The molecule has 0 aliphatic carbocycles. The van der Waals surface area contributed by atoms with Crippen LogP contribution in [-0.2, 0) is 0 Å². The summed E-state index contributed by atoms with van der Waals surface area (Å²) < 4.78 is 0. The second-order valence-corrected chi connectivity index (χ2v) is 3.00. The zero-order chi connectivity index (χ0) is 9.40. The van der Waals surface area contributed by atoms with Gasteiger partial charge in [-0.05, 0) is 12.8 Å². The summed E-state index contributed by atoms with van der Waals surface area (Å²) in [7, 11) is 0. The summed E-state index contributed by atoms with van der Waals surface area (Å²) in [5, 5.41) is 0. The molecule has 0 saturated heterocycles.